The number of nitrogens with zero attached hydrogens (tertiary/aromatic N) is 2. The number of aromatic hydroxyl groups is 1. The Labute approximate surface area is 148 Å². The van der Waals surface area contributed by atoms with Gasteiger partial charge < -0.3 is 14.3 Å². The van der Waals surface area contributed by atoms with E-state index >= 15 is 0 Å². The molecule has 0 atom stereocenters. The predicted molar refractivity (Wildman–Crippen MR) is 94.8 cm³/mol. The Morgan fingerprint density at radius 3 is 2.73 bits per heavy atom. The monoisotopic (exact) mass is 346 g/mol. The van der Waals surface area contributed by atoms with Crippen LogP contribution >= 0.6 is 0 Å². The van der Waals surface area contributed by atoms with E-state index in [0.29, 0.717) is 16.7 Å². The number of fused-ring (bicyclic) bond motifs is 1. The highest BCUT2D eigenvalue weighted by Crippen LogP contribution is 2.28. The number of hydrogen-bond acceptors (Lipinski definition) is 5. The molecule has 1 aliphatic rings. The SMILES string of the molecule is COc1ccc2c(c1)=NC(=O)C(=Cc1nc(-c3ccccc3)oc1O)C=2. The lowest BCUT2D eigenvalue weighted by Gasteiger charge is -2.04. The summed E-state index contributed by atoms with van der Waals surface area (Å²) >= 11 is 0. The molecular formula is C20H14N2O4. The van der Waals surface area contributed by atoms with Crippen LogP contribution < -0.4 is 15.3 Å². The number of ether oxygens (including phenoxy) is 1. The highest BCUT2D eigenvalue weighted by atomic mass is 16.5. The normalized spacial score (nSPS) is 14.5. The summed E-state index contributed by atoms with van der Waals surface area (Å²) in [6.07, 6.45) is 3.16. The summed E-state index contributed by atoms with van der Waals surface area (Å²) in [7, 11) is 1.55. The van der Waals surface area contributed by atoms with Gasteiger partial charge in [0, 0.05) is 22.4 Å². The predicted octanol–water partition coefficient (Wildman–Crippen LogP) is 2.08. The Morgan fingerprint density at radius 1 is 1.15 bits per heavy atom. The number of rotatable bonds is 3. The number of hydrogen-bond donors (Lipinski definition) is 1. The molecule has 1 aliphatic heterocycles. The van der Waals surface area contributed by atoms with Gasteiger partial charge in [-0.3, -0.25) is 4.79 Å². The van der Waals surface area contributed by atoms with Gasteiger partial charge in [0.05, 0.1) is 12.5 Å². The zero-order valence-corrected chi connectivity index (χ0v) is 13.8. The first kappa shape index (κ1) is 15.8. The molecule has 4 rings (SSSR count). The number of aromatic nitrogens is 1. The fraction of sp³-hybridized carbons (Fsp3) is 0.0500. The van der Waals surface area contributed by atoms with E-state index in [-0.39, 0.29) is 17.5 Å². The third-order valence-electron chi connectivity index (χ3n) is 3.96. The summed E-state index contributed by atoms with van der Waals surface area (Å²) in [5.74, 6) is 0.135. The van der Waals surface area contributed by atoms with E-state index in [4.69, 9.17) is 9.15 Å². The number of carbonyl (C=O) groups is 1. The van der Waals surface area contributed by atoms with E-state index in [0.717, 1.165) is 10.8 Å². The average Bonchev–Trinajstić information content (AvgIpc) is 3.03. The molecule has 0 spiro atoms. The first-order valence-corrected chi connectivity index (χ1v) is 7.90. The van der Waals surface area contributed by atoms with Gasteiger partial charge in [0.25, 0.3) is 5.91 Å². The van der Waals surface area contributed by atoms with E-state index in [9.17, 15) is 9.90 Å². The number of methoxy groups -OCH3 is 1. The van der Waals surface area contributed by atoms with Crippen molar-refractivity contribution in [1.29, 1.82) is 0 Å². The fourth-order valence-electron chi connectivity index (χ4n) is 2.65. The minimum atomic E-state index is -0.422. The van der Waals surface area contributed by atoms with Crippen molar-refractivity contribution in [3.8, 4) is 23.1 Å². The molecule has 0 saturated heterocycles. The van der Waals surface area contributed by atoms with Crippen LogP contribution in [0.4, 0.5) is 0 Å². The molecule has 6 heteroatoms. The lowest BCUT2D eigenvalue weighted by molar-refractivity contribution is -0.114. The summed E-state index contributed by atoms with van der Waals surface area (Å²) in [6.45, 7) is 0. The first-order valence-electron chi connectivity index (χ1n) is 7.90. The van der Waals surface area contributed by atoms with Gasteiger partial charge in [-0.1, -0.05) is 18.2 Å². The van der Waals surface area contributed by atoms with Crippen LogP contribution in [0.5, 0.6) is 11.7 Å². The maximum Gasteiger partial charge on any atom is 0.310 e. The van der Waals surface area contributed by atoms with E-state index < -0.39 is 5.91 Å². The number of oxazole rings is 1. The van der Waals surface area contributed by atoms with E-state index in [1.165, 1.54) is 6.08 Å². The smallest absolute Gasteiger partial charge is 0.310 e. The molecule has 0 radical (unpaired) electrons. The lowest BCUT2D eigenvalue weighted by Crippen LogP contribution is -2.30. The fourth-order valence-corrected chi connectivity index (χ4v) is 2.65. The van der Waals surface area contributed by atoms with E-state index in [2.05, 4.69) is 9.98 Å². The van der Waals surface area contributed by atoms with Gasteiger partial charge in [-0.05, 0) is 36.4 Å². The molecule has 1 aromatic heterocycles. The Kier molecular flexibility index (Phi) is 3.85. The highest BCUT2D eigenvalue weighted by Gasteiger charge is 2.16. The molecule has 128 valence electrons. The summed E-state index contributed by atoms with van der Waals surface area (Å²) in [4.78, 5) is 20.6. The average molecular weight is 346 g/mol. The molecule has 1 amide bonds. The lowest BCUT2D eigenvalue weighted by atomic mass is 10.1. The van der Waals surface area contributed by atoms with Crippen molar-refractivity contribution in [2.45, 2.75) is 0 Å². The molecule has 3 aromatic rings. The topological polar surface area (TPSA) is 84.9 Å². The third kappa shape index (κ3) is 2.88. The van der Waals surface area contributed by atoms with Crippen molar-refractivity contribution in [1.82, 2.24) is 4.98 Å². The highest BCUT2D eigenvalue weighted by molar-refractivity contribution is 6.07. The van der Waals surface area contributed by atoms with Crippen LogP contribution in [0, 0.1) is 0 Å². The van der Waals surface area contributed by atoms with Crippen molar-refractivity contribution < 1.29 is 19.1 Å². The number of amides is 1. The van der Waals surface area contributed by atoms with Gasteiger partial charge in [-0.2, -0.15) is 0 Å². The van der Waals surface area contributed by atoms with Crippen LogP contribution in [0.15, 0.2) is 63.5 Å². The molecule has 0 unspecified atom stereocenters. The Balaban J connectivity index is 1.76. The molecule has 0 bridgehead atoms. The summed E-state index contributed by atoms with van der Waals surface area (Å²) in [5, 5.41) is 11.3. The van der Waals surface area contributed by atoms with Gasteiger partial charge in [0.2, 0.25) is 5.89 Å². The van der Waals surface area contributed by atoms with Crippen molar-refractivity contribution >= 4 is 18.1 Å². The van der Waals surface area contributed by atoms with Crippen LogP contribution in [0.2, 0.25) is 0 Å². The zero-order chi connectivity index (χ0) is 18.1. The largest absolute Gasteiger partial charge is 0.497 e. The quantitative estimate of drug-likeness (QED) is 0.734. The molecule has 2 aromatic carbocycles. The molecule has 26 heavy (non-hydrogen) atoms. The molecular weight excluding hydrogens is 332 g/mol. The van der Waals surface area contributed by atoms with Crippen LogP contribution in [-0.4, -0.2) is 23.1 Å². The van der Waals surface area contributed by atoms with Crippen molar-refractivity contribution in [2.24, 2.45) is 4.99 Å². The van der Waals surface area contributed by atoms with Crippen molar-refractivity contribution in [2.75, 3.05) is 7.11 Å². The van der Waals surface area contributed by atoms with Gasteiger partial charge >= 0.3 is 5.95 Å². The van der Waals surface area contributed by atoms with Crippen LogP contribution in [0.1, 0.15) is 5.69 Å². The standard InChI is InChI=1S/C20H14N2O4/c1-25-15-8-7-13-9-14(18(23)21-16(13)11-15)10-17-20(24)26-19(22-17)12-5-3-2-4-6-12/h2-11,24H,1H3. The number of benzene rings is 2. The summed E-state index contributed by atoms with van der Waals surface area (Å²) in [6, 6.07) is 14.5. The third-order valence-corrected chi connectivity index (χ3v) is 3.96. The Morgan fingerprint density at radius 2 is 1.96 bits per heavy atom. The van der Waals surface area contributed by atoms with Gasteiger partial charge in [-0.15, -0.1) is 0 Å². The summed E-state index contributed by atoms with van der Waals surface area (Å²) < 4.78 is 10.4. The van der Waals surface area contributed by atoms with Crippen LogP contribution in [0.3, 0.4) is 0 Å². The van der Waals surface area contributed by atoms with Crippen molar-refractivity contribution in [3.63, 3.8) is 0 Å². The van der Waals surface area contributed by atoms with Crippen LogP contribution in [0.25, 0.3) is 23.6 Å². The molecule has 1 N–H and O–H groups in total. The maximum atomic E-state index is 12.3. The summed E-state index contributed by atoms with van der Waals surface area (Å²) in [5.41, 5.74) is 1.22. The number of carbonyl (C=O) groups excluding carboxylic acids is 1. The molecule has 0 fully saturated rings. The minimum absolute atomic E-state index is 0.176. The van der Waals surface area contributed by atoms with Crippen molar-refractivity contribution in [3.05, 3.63) is 70.4 Å². The van der Waals surface area contributed by atoms with E-state index in [1.807, 2.05) is 36.4 Å². The maximum absolute atomic E-state index is 12.3. The molecule has 6 nitrogen and oxygen atoms in total. The molecule has 0 aliphatic carbocycles. The zero-order valence-electron chi connectivity index (χ0n) is 13.8. The Bertz CT molecular complexity index is 1140. The van der Waals surface area contributed by atoms with E-state index in [1.54, 1.807) is 25.3 Å². The second kappa shape index (κ2) is 6.33. The minimum Gasteiger partial charge on any atom is -0.497 e. The second-order valence-corrected chi connectivity index (χ2v) is 5.66. The first-order chi connectivity index (χ1) is 12.6. The second-order valence-electron chi connectivity index (χ2n) is 5.66. The molecule has 2 heterocycles. The molecule has 0 saturated carbocycles. The van der Waals surface area contributed by atoms with Crippen LogP contribution in [-0.2, 0) is 4.79 Å². The van der Waals surface area contributed by atoms with Gasteiger partial charge in [-0.25, -0.2) is 9.98 Å². The van der Waals surface area contributed by atoms with Gasteiger partial charge in [0.15, 0.2) is 0 Å². The van der Waals surface area contributed by atoms with Gasteiger partial charge in [0.1, 0.15) is 11.4 Å². The Hall–Kier alpha value is -3.67.